The summed E-state index contributed by atoms with van der Waals surface area (Å²) in [6.07, 6.45) is 0. The summed E-state index contributed by atoms with van der Waals surface area (Å²) in [6, 6.07) is 11.6. The van der Waals surface area contributed by atoms with Crippen molar-refractivity contribution in [3.8, 4) is 16.9 Å². The normalized spacial score (nSPS) is 10.5. The van der Waals surface area contributed by atoms with Gasteiger partial charge in [-0.05, 0) is 58.0 Å². The lowest BCUT2D eigenvalue weighted by Crippen LogP contribution is -2.10. The van der Waals surface area contributed by atoms with E-state index in [2.05, 4.69) is 22.6 Å². The first-order chi connectivity index (χ1) is 9.11. The molecule has 0 heterocycles. The third kappa shape index (κ3) is 3.75. The molecule has 2 rings (SSSR count). The number of hydrogen-bond acceptors (Lipinski definition) is 2. The fourth-order valence-electron chi connectivity index (χ4n) is 1.67. The molecule has 0 aliphatic carbocycles. The maximum atomic E-state index is 6.08. The van der Waals surface area contributed by atoms with Crippen molar-refractivity contribution in [3.63, 3.8) is 0 Å². The summed E-state index contributed by atoms with van der Waals surface area (Å²) in [5.74, 6) is 0.796. The monoisotopic (exact) mass is 407 g/mol. The molecule has 5 heteroatoms. The Labute approximate surface area is 136 Å². The van der Waals surface area contributed by atoms with E-state index in [1.807, 2.05) is 36.4 Å². The van der Waals surface area contributed by atoms with Gasteiger partial charge in [0.1, 0.15) is 12.4 Å². The quantitative estimate of drug-likeness (QED) is 0.593. The van der Waals surface area contributed by atoms with Gasteiger partial charge >= 0.3 is 0 Å². The molecule has 19 heavy (non-hydrogen) atoms. The van der Waals surface area contributed by atoms with Gasteiger partial charge in [0, 0.05) is 10.1 Å². The number of rotatable bonds is 4. The summed E-state index contributed by atoms with van der Waals surface area (Å²) in [5, 5.41) is 1.11. The van der Waals surface area contributed by atoms with Crippen LogP contribution >= 0.6 is 45.8 Å². The van der Waals surface area contributed by atoms with E-state index < -0.39 is 0 Å². The Kier molecular flexibility index (Phi) is 5.33. The van der Waals surface area contributed by atoms with Crippen LogP contribution in [0.2, 0.25) is 10.0 Å². The largest absolute Gasteiger partial charge is 0.492 e. The lowest BCUT2D eigenvalue weighted by molar-refractivity contribution is 0.328. The molecule has 0 saturated carbocycles. The molecule has 2 aromatic rings. The predicted molar refractivity (Wildman–Crippen MR) is 89.2 cm³/mol. The van der Waals surface area contributed by atoms with Crippen molar-refractivity contribution in [2.24, 2.45) is 5.73 Å². The standard InChI is InChI=1S/C14H12Cl2INO/c15-12-7-11(14(17)8-13(12)16)9-2-1-3-10(6-9)19-5-4-18/h1-3,6-8H,4-5,18H2. The zero-order valence-electron chi connectivity index (χ0n) is 10.00. The molecule has 100 valence electrons. The molecule has 0 aromatic heterocycles. The molecular formula is C14H12Cl2INO. The van der Waals surface area contributed by atoms with E-state index >= 15 is 0 Å². The van der Waals surface area contributed by atoms with E-state index in [9.17, 15) is 0 Å². The summed E-state index contributed by atoms with van der Waals surface area (Å²) in [5.41, 5.74) is 7.50. The highest BCUT2D eigenvalue weighted by atomic mass is 127. The Bertz CT molecular complexity index is 590. The molecule has 0 spiro atoms. The first-order valence-corrected chi connectivity index (χ1v) is 7.53. The van der Waals surface area contributed by atoms with Crippen LogP contribution in [-0.2, 0) is 0 Å². The minimum Gasteiger partial charge on any atom is -0.492 e. The molecule has 0 fully saturated rings. The molecule has 0 amide bonds. The van der Waals surface area contributed by atoms with Crippen LogP contribution in [0.25, 0.3) is 11.1 Å². The van der Waals surface area contributed by atoms with Crippen LogP contribution in [0.3, 0.4) is 0 Å². The van der Waals surface area contributed by atoms with Gasteiger partial charge in [0.2, 0.25) is 0 Å². The van der Waals surface area contributed by atoms with Crippen molar-refractivity contribution in [3.05, 3.63) is 50.0 Å². The maximum Gasteiger partial charge on any atom is 0.119 e. The van der Waals surface area contributed by atoms with Crippen molar-refractivity contribution in [1.82, 2.24) is 0 Å². The van der Waals surface area contributed by atoms with Crippen LogP contribution in [-0.4, -0.2) is 13.2 Å². The van der Waals surface area contributed by atoms with Crippen LogP contribution in [0.1, 0.15) is 0 Å². The van der Waals surface area contributed by atoms with Gasteiger partial charge < -0.3 is 10.5 Å². The summed E-state index contributed by atoms with van der Waals surface area (Å²) in [6.45, 7) is 0.996. The van der Waals surface area contributed by atoms with Gasteiger partial charge in [-0.25, -0.2) is 0 Å². The van der Waals surface area contributed by atoms with Gasteiger partial charge in [0.05, 0.1) is 10.0 Å². The van der Waals surface area contributed by atoms with E-state index in [1.54, 1.807) is 0 Å². The number of benzene rings is 2. The molecule has 0 saturated heterocycles. The SMILES string of the molecule is NCCOc1cccc(-c2cc(Cl)c(Cl)cc2I)c1. The van der Waals surface area contributed by atoms with Crippen molar-refractivity contribution >= 4 is 45.8 Å². The Hall–Kier alpha value is -0.490. The molecule has 0 radical (unpaired) electrons. The Balaban J connectivity index is 2.38. The third-order valence-electron chi connectivity index (χ3n) is 2.54. The molecule has 2 nitrogen and oxygen atoms in total. The predicted octanol–water partition coefficient (Wildman–Crippen LogP) is 4.60. The molecule has 0 aliphatic heterocycles. The second-order valence-electron chi connectivity index (χ2n) is 3.91. The van der Waals surface area contributed by atoms with Crippen LogP contribution in [0.4, 0.5) is 0 Å². The summed E-state index contributed by atoms with van der Waals surface area (Å²) in [7, 11) is 0. The average Bonchev–Trinajstić information content (AvgIpc) is 2.41. The fraction of sp³-hybridized carbons (Fsp3) is 0.143. The summed E-state index contributed by atoms with van der Waals surface area (Å²) < 4.78 is 6.57. The summed E-state index contributed by atoms with van der Waals surface area (Å²) in [4.78, 5) is 0. The number of ether oxygens (including phenoxy) is 1. The molecule has 2 N–H and O–H groups in total. The highest BCUT2D eigenvalue weighted by Gasteiger charge is 2.08. The van der Waals surface area contributed by atoms with Crippen LogP contribution in [0.15, 0.2) is 36.4 Å². The smallest absolute Gasteiger partial charge is 0.119 e. The van der Waals surface area contributed by atoms with Gasteiger partial charge in [0.15, 0.2) is 0 Å². The van der Waals surface area contributed by atoms with Gasteiger partial charge in [0.25, 0.3) is 0 Å². The van der Waals surface area contributed by atoms with E-state index in [4.69, 9.17) is 33.7 Å². The highest BCUT2D eigenvalue weighted by Crippen LogP contribution is 2.34. The third-order valence-corrected chi connectivity index (χ3v) is 4.16. The van der Waals surface area contributed by atoms with E-state index in [-0.39, 0.29) is 0 Å². The molecule has 0 unspecified atom stereocenters. The Morgan fingerprint density at radius 1 is 1.11 bits per heavy atom. The van der Waals surface area contributed by atoms with Crippen molar-refractivity contribution in [1.29, 1.82) is 0 Å². The number of hydrogen-bond donors (Lipinski definition) is 1. The van der Waals surface area contributed by atoms with Crippen LogP contribution < -0.4 is 10.5 Å². The second-order valence-corrected chi connectivity index (χ2v) is 5.89. The van der Waals surface area contributed by atoms with E-state index in [0.29, 0.717) is 23.2 Å². The van der Waals surface area contributed by atoms with Gasteiger partial charge in [-0.2, -0.15) is 0 Å². The van der Waals surface area contributed by atoms with E-state index in [0.717, 1.165) is 20.4 Å². The van der Waals surface area contributed by atoms with E-state index in [1.165, 1.54) is 0 Å². The van der Waals surface area contributed by atoms with Crippen LogP contribution in [0, 0.1) is 3.57 Å². The fourth-order valence-corrected chi connectivity index (χ4v) is 2.96. The topological polar surface area (TPSA) is 35.2 Å². The lowest BCUT2D eigenvalue weighted by Gasteiger charge is -2.10. The molecular weight excluding hydrogens is 396 g/mol. The average molecular weight is 408 g/mol. The van der Waals surface area contributed by atoms with Crippen LogP contribution in [0.5, 0.6) is 5.75 Å². The highest BCUT2D eigenvalue weighted by molar-refractivity contribution is 14.1. The Morgan fingerprint density at radius 2 is 1.84 bits per heavy atom. The molecule has 0 atom stereocenters. The van der Waals surface area contributed by atoms with Gasteiger partial charge in [-0.3, -0.25) is 0 Å². The van der Waals surface area contributed by atoms with Gasteiger partial charge in [-0.15, -0.1) is 0 Å². The first kappa shape index (κ1) is 14.9. The minimum atomic E-state index is 0.495. The maximum absolute atomic E-state index is 6.08. The van der Waals surface area contributed by atoms with Gasteiger partial charge in [-0.1, -0.05) is 35.3 Å². The minimum absolute atomic E-state index is 0.495. The Morgan fingerprint density at radius 3 is 2.58 bits per heavy atom. The zero-order chi connectivity index (χ0) is 13.8. The summed E-state index contributed by atoms with van der Waals surface area (Å²) >= 11 is 14.3. The number of nitrogens with two attached hydrogens (primary N) is 1. The molecule has 0 aliphatic rings. The first-order valence-electron chi connectivity index (χ1n) is 5.69. The van der Waals surface area contributed by atoms with Crippen molar-refractivity contribution in [2.75, 3.05) is 13.2 Å². The zero-order valence-corrected chi connectivity index (χ0v) is 13.7. The second kappa shape index (κ2) is 6.79. The molecule has 2 aromatic carbocycles. The van der Waals surface area contributed by atoms with Crippen molar-refractivity contribution in [2.45, 2.75) is 0 Å². The molecule has 0 bridgehead atoms. The van der Waals surface area contributed by atoms with Crippen molar-refractivity contribution < 1.29 is 4.74 Å². The number of halogens is 3. The lowest BCUT2D eigenvalue weighted by atomic mass is 10.1.